The van der Waals surface area contributed by atoms with E-state index in [0.717, 1.165) is 0 Å². The average molecular weight is 187 g/mol. The molecular formula is C11H11N2O. The van der Waals surface area contributed by atoms with E-state index in [1.807, 2.05) is 34.9 Å². The van der Waals surface area contributed by atoms with Crippen molar-refractivity contribution in [3.05, 3.63) is 54.6 Å². The first-order valence-electron chi connectivity index (χ1n) is 4.44. The van der Waals surface area contributed by atoms with Gasteiger partial charge in [-0.2, -0.15) is 0 Å². The third kappa shape index (κ3) is 2.44. The summed E-state index contributed by atoms with van der Waals surface area (Å²) in [5.41, 5.74) is 1.18. The van der Waals surface area contributed by atoms with Gasteiger partial charge in [0.05, 0.1) is 12.9 Å². The van der Waals surface area contributed by atoms with Crippen LogP contribution >= 0.6 is 0 Å². The Labute approximate surface area is 83.0 Å². The monoisotopic (exact) mass is 187 g/mol. The molecule has 3 heteroatoms. The van der Waals surface area contributed by atoms with E-state index >= 15 is 0 Å². The molecule has 0 unspecified atom stereocenters. The number of ether oxygens (including phenoxy) is 1. The summed E-state index contributed by atoms with van der Waals surface area (Å²) >= 11 is 0. The number of hydrogen-bond acceptors (Lipinski definition) is 2. The second-order valence-corrected chi connectivity index (χ2v) is 2.98. The third-order valence-corrected chi connectivity index (χ3v) is 1.86. The predicted octanol–water partition coefficient (Wildman–Crippen LogP) is 1.86. The minimum Gasteiger partial charge on any atom is -0.356 e. The van der Waals surface area contributed by atoms with Crippen LogP contribution in [0.5, 0.6) is 0 Å². The summed E-state index contributed by atoms with van der Waals surface area (Å²) in [5.74, 6) is 0. The predicted molar refractivity (Wildman–Crippen MR) is 52.3 cm³/mol. The van der Waals surface area contributed by atoms with Crippen molar-refractivity contribution in [1.82, 2.24) is 9.55 Å². The van der Waals surface area contributed by atoms with Crippen molar-refractivity contribution in [2.75, 3.05) is 0 Å². The molecular weight excluding hydrogens is 176 g/mol. The highest BCUT2D eigenvalue weighted by Gasteiger charge is 1.92. The molecule has 0 amide bonds. The first-order chi connectivity index (χ1) is 6.95. The number of benzene rings is 1. The number of aromatic nitrogens is 2. The average Bonchev–Trinajstić information content (AvgIpc) is 2.72. The van der Waals surface area contributed by atoms with Crippen LogP contribution in [0.1, 0.15) is 5.56 Å². The highest BCUT2D eigenvalue weighted by molar-refractivity contribution is 5.13. The molecule has 0 fully saturated rings. The number of rotatable bonds is 4. The lowest BCUT2D eigenvalue weighted by Crippen LogP contribution is -1.99. The smallest absolute Gasteiger partial charge is 0.124 e. The summed E-state index contributed by atoms with van der Waals surface area (Å²) in [6.07, 6.45) is 6.15. The second-order valence-electron chi connectivity index (χ2n) is 2.98. The molecule has 0 atom stereocenters. The summed E-state index contributed by atoms with van der Waals surface area (Å²) in [5, 5.41) is 0. The van der Waals surface area contributed by atoms with E-state index in [2.05, 4.69) is 11.2 Å². The van der Waals surface area contributed by atoms with E-state index < -0.39 is 0 Å². The SMILES string of the molecule is [c]1cn(COCc2ccccc2)cn1. The molecule has 1 aromatic carbocycles. The topological polar surface area (TPSA) is 27.1 Å². The van der Waals surface area contributed by atoms with E-state index in [0.29, 0.717) is 13.3 Å². The van der Waals surface area contributed by atoms with E-state index in [9.17, 15) is 0 Å². The minimum atomic E-state index is 0.519. The fraction of sp³-hybridized carbons (Fsp3) is 0.182. The Bertz CT molecular complexity index is 356. The van der Waals surface area contributed by atoms with Gasteiger partial charge >= 0.3 is 0 Å². The van der Waals surface area contributed by atoms with Crippen LogP contribution in [0.2, 0.25) is 0 Å². The maximum Gasteiger partial charge on any atom is 0.124 e. The lowest BCUT2D eigenvalue weighted by atomic mass is 10.2. The fourth-order valence-corrected chi connectivity index (χ4v) is 1.16. The van der Waals surface area contributed by atoms with Gasteiger partial charge in [0.15, 0.2) is 0 Å². The summed E-state index contributed by atoms with van der Waals surface area (Å²) in [6.45, 7) is 1.14. The Morgan fingerprint density at radius 1 is 1.29 bits per heavy atom. The maximum atomic E-state index is 5.47. The third-order valence-electron chi connectivity index (χ3n) is 1.86. The van der Waals surface area contributed by atoms with Gasteiger partial charge in [0, 0.05) is 6.20 Å². The molecule has 2 rings (SSSR count). The largest absolute Gasteiger partial charge is 0.356 e. The molecule has 0 aliphatic carbocycles. The minimum absolute atomic E-state index is 0.519. The second kappa shape index (κ2) is 4.58. The molecule has 1 aromatic heterocycles. The van der Waals surface area contributed by atoms with Crippen molar-refractivity contribution in [2.45, 2.75) is 13.3 Å². The number of hydrogen-bond donors (Lipinski definition) is 0. The number of nitrogens with zero attached hydrogens (tertiary/aromatic N) is 2. The lowest BCUT2D eigenvalue weighted by Gasteiger charge is -2.04. The van der Waals surface area contributed by atoms with E-state index in [1.54, 1.807) is 12.5 Å². The molecule has 1 heterocycles. The van der Waals surface area contributed by atoms with E-state index in [4.69, 9.17) is 4.74 Å². The summed E-state index contributed by atoms with van der Waals surface area (Å²) in [7, 11) is 0. The van der Waals surface area contributed by atoms with Crippen LogP contribution in [-0.4, -0.2) is 9.55 Å². The van der Waals surface area contributed by atoms with Crippen LogP contribution in [0.4, 0.5) is 0 Å². The van der Waals surface area contributed by atoms with Crippen LogP contribution in [0.3, 0.4) is 0 Å². The molecule has 0 aliphatic heterocycles. The molecule has 14 heavy (non-hydrogen) atoms. The van der Waals surface area contributed by atoms with Gasteiger partial charge in [0.1, 0.15) is 12.9 Å². The van der Waals surface area contributed by atoms with Gasteiger partial charge in [-0.3, -0.25) is 0 Å². The molecule has 2 aromatic rings. The molecule has 0 saturated carbocycles. The molecule has 1 radical (unpaired) electrons. The van der Waals surface area contributed by atoms with Crippen LogP contribution < -0.4 is 0 Å². The first kappa shape index (κ1) is 8.97. The normalized spacial score (nSPS) is 10.3. The summed E-state index contributed by atoms with van der Waals surface area (Å²) in [4.78, 5) is 3.81. The van der Waals surface area contributed by atoms with Gasteiger partial charge in [0.2, 0.25) is 0 Å². The Morgan fingerprint density at radius 3 is 2.86 bits per heavy atom. The quantitative estimate of drug-likeness (QED) is 0.730. The standard InChI is InChI=1S/C11H11N2O/c1-2-4-11(5-3-1)8-14-10-13-7-6-12-9-13/h1-5,7,9H,8,10H2. The molecule has 71 valence electrons. The van der Waals surface area contributed by atoms with Gasteiger partial charge in [0.25, 0.3) is 0 Å². The Balaban J connectivity index is 1.79. The molecule has 0 spiro atoms. The Kier molecular flexibility index (Phi) is 2.93. The van der Waals surface area contributed by atoms with Gasteiger partial charge in [-0.1, -0.05) is 30.3 Å². The van der Waals surface area contributed by atoms with E-state index in [1.165, 1.54) is 5.56 Å². The summed E-state index contributed by atoms with van der Waals surface area (Å²) in [6, 6.07) is 10.1. The van der Waals surface area contributed by atoms with Gasteiger partial charge < -0.3 is 9.30 Å². The highest BCUT2D eigenvalue weighted by Crippen LogP contribution is 2.01. The van der Waals surface area contributed by atoms with Gasteiger partial charge in [-0.05, 0) is 5.56 Å². The van der Waals surface area contributed by atoms with Crippen molar-refractivity contribution < 1.29 is 4.74 Å². The molecule has 0 saturated heterocycles. The van der Waals surface area contributed by atoms with Crippen LogP contribution in [0, 0.1) is 6.20 Å². The zero-order valence-electron chi connectivity index (χ0n) is 7.76. The summed E-state index contributed by atoms with van der Waals surface area (Å²) < 4.78 is 7.30. The molecule has 0 aliphatic rings. The van der Waals surface area contributed by atoms with Crippen LogP contribution in [0.25, 0.3) is 0 Å². The first-order valence-corrected chi connectivity index (χ1v) is 4.44. The molecule has 0 N–H and O–H groups in total. The van der Waals surface area contributed by atoms with Crippen LogP contribution in [0.15, 0.2) is 42.9 Å². The Hall–Kier alpha value is -1.61. The van der Waals surface area contributed by atoms with Crippen molar-refractivity contribution in [3.63, 3.8) is 0 Å². The van der Waals surface area contributed by atoms with Crippen molar-refractivity contribution in [3.8, 4) is 0 Å². The van der Waals surface area contributed by atoms with Crippen LogP contribution in [-0.2, 0) is 18.1 Å². The van der Waals surface area contributed by atoms with Crippen molar-refractivity contribution in [2.24, 2.45) is 0 Å². The van der Waals surface area contributed by atoms with Crippen molar-refractivity contribution >= 4 is 0 Å². The highest BCUT2D eigenvalue weighted by atomic mass is 16.5. The van der Waals surface area contributed by atoms with E-state index in [-0.39, 0.29) is 0 Å². The number of imidazole rings is 1. The van der Waals surface area contributed by atoms with Gasteiger partial charge in [-0.25, -0.2) is 4.98 Å². The van der Waals surface area contributed by atoms with Gasteiger partial charge in [-0.15, -0.1) is 0 Å². The fourth-order valence-electron chi connectivity index (χ4n) is 1.16. The zero-order valence-corrected chi connectivity index (χ0v) is 7.76. The zero-order chi connectivity index (χ0) is 9.64. The van der Waals surface area contributed by atoms with Crippen molar-refractivity contribution in [1.29, 1.82) is 0 Å². The maximum absolute atomic E-state index is 5.47. The molecule has 0 bridgehead atoms. The Morgan fingerprint density at radius 2 is 2.14 bits per heavy atom. The molecule has 3 nitrogen and oxygen atoms in total. The lowest BCUT2D eigenvalue weighted by molar-refractivity contribution is 0.0639.